The van der Waals surface area contributed by atoms with E-state index in [1.807, 2.05) is 19.9 Å². The van der Waals surface area contributed by atoms with Crippen LogP contribution in [0.15, 0.2) is 52.3 Å². The van der Waals surface area contributed by atoms with E-state index in [-0.39, 0.29) is 40.8 Å². The summed E-state index contributed by atoms with van der Waals surface area (Å²) in [6.07, 6.45) is 1.63. The van der Waals surface area contributed by atoms with Crippen molar-refractivity contribution in [2.75, 3.05) is 5.32 Å². The Hall–Kier alpha value is -2.88. The largest absolute Gasteiger partial charge is 0.493 e. The molecule has 0 fully saturated rings. The predicted octanol–water partition coefficient (Wildman–Crippen LogP) is 4.53. The summed E-state index contributed by atoms with van der Waals surface area (Å²) in [5.74, 6) is 0.417. The number of pyridine rings is 1. The highest BCUT2D eigenvalue weighted by Crippen LogP contribution is 2.37. The maximum Gasteiger partial charge on any atom is 0.446 e. The summed E-state index contributed by atoms with van der Waals surface area (Å²) in [6, 6.07) is 9.06. The van der Waals surface area contributed by atoms with Gasteiger partial charge in [0.2, 0.25) is 5.88 Å². The number of hydrogen-bond donors (Lipinski definition) is 2. The maximum absolute atomic E-state index is 12.9. The molecule has 2 N–H and O–H groups in total. The first-order chi connectivity index (χ1) is 14.0. The molecule has 2 heterocycles. The smallest absolute Gasteiger partial charge is 0.446 e. The Bertz CT molecular complexity index is 1090. The summed E-state index contributed by atoms with van der Waals surface area (Å²) in [7, 11) is 0. The first-order valence-corrected chi connectivity index (χ1v) is 9.95. The molecular weight excluding hydrogens is 417 g/mol. The minimum atomic E-state index is -4.39. The standard InChI is InChI=1S/C20H21F3N4O2S/c1-12(2)25-17-10-14(8-9-24-17)11-26-13(3)18(28)27(19(26)29)15-4-6-16(7-5-15)30-20(21,22)23/h4-10,12,28H,11H2,1-3H3,(H,24,25). The van der Waals surface area contributed by atoms with Crippen molar-refractivity contribution in [1.82, 2.24) is 14.1 Å². The fraction of sp³-hybridized carbons (Fsp3) is 0.300. The van der Waals surface area contributed by atoms with E-state index in [4.69, 9.17) is 0 Å². The quantitative estimate of drug-likeness (QED) is 0.554. The summed E-state index contributed by atoms with van der Waals surface area (Å²) in [4.78, 5) is 17.2. The number of aromatic nitrogens is 3. The minimum Gasteiger partial charge on any atom is -0.493 e. The molecule has 0 aliphatic rings. The number of aromatic hydroxyl groups is 1. The molecule has 160 valence electrons. The molecule has 3 rings (SSSR count). The number of rotatable bonds is 6. The fourth-order valence-corrected chi connectivity index (χ4v) is 3.52. The fourth-order valence-electron chi connectivity index (χ4n) is 2.98. The van der Waals surface area contributed by atoms with Crippen LogP contribution in [-0.4, -0.2) is 30.8 Å². The molecule has 0 aliphatic carbocycles. The Morgan fingerprint density at radius 1 is 1.20 bits per heavy atom. The lowest BCUT2D eigenvalue weighted by Crippen LogP contribution is -2.24. The van der Waals surface area contributed by atoms with E-state index in [2.05, 4.69) is 10.3 Å². The summed E-state index contributed by atoms with van der Waals surface area (Å²) in [5.41, 5.74) is -3.44. The minimum absolute atomic E-state index is 0.00286. The van der Waals surface area contributed by atoms with Gasteiger partial charge in [-0.2, -0.15) is 13.2 Å². The lowest BCUT2D eigenvalue weighted by atomic mass is 10.2. The first kappa shape index (κ1) is 21.8. The zero-order valence-electron chi connectivity index (χ0n) is 16.6. The van der Waals surface area contributed by atoms with Gasteiger partial charge in [0.1, 0.15) is 5.82 Å². The molecule has 6 nitrogen and oxygen atoms in total. The van der Waals surface area contributed by atoms with Gasteiger partial charge in [-0.05, 0) is 74.5 Å². The van der Waals surface area contributed by atoms with Gasteiger partial charge >= 0.3 is 11.2 Å². The van der Waals surface area contributed by atoms with Gasteiger partial charge in [-0.1, -0.05) is 0 Å². The lowest BCUT2D eigenvalue weighted by Gasteiger charge is -2.10. The molecule has 30 heavy (non-hydrogen) atoms. The summed E-state index contributed by atoms with van der Waals surface area (Å²) in [6.45, 7) is 5.79. The number of imidazole rings is 1. The van der Waals surface area contributed by atoms with Crippen LogP contribution in [0.5, 0.6) is 5.88 Å². The summed E-state index contributed by atoms with van der Waals surface area (Å²) in [5, 5.41) is 13.7. The van der Waals surface area contributed by atoms with E-state index in [0.717, 1.165) is 10.1 Å². The number of nitrogens with one attached hydrogen (secondary N) is 1. The molecule has 0 bridgehead atoms. The molecule has 0 amide bonds. The average Bonchev–Trinajstić information content (AvgIpc) is 2.85. The lowest BCUT2D eigenvalue weighted by molar-refractivity contribution is -0.0328. The van der Waals surface area contributed by atoms with Gasteiger partial charge in [0.05, 0.1) is 17.9 Å². The molecule has 0 aliphatic heterocycles. The van der Waals surface area contributed by atoms with E-state index in [1.165, 1.54) is 28.8 Å². The second-order valence-electron chi connectivity index (χ2n) is 7.00. The van der Waals surface area contributed by atoms with Crippen LogP contribution >= 0.6 is 11.8 Å². The van der Waals surface area contributed by atoms with Gasteiger partial charge in [0.15, 0.2) is 0 Å². The Morgan fingerprint density at radius 3 is 2.47 bits per heavy atom. The van der Waals surface area contributed by atoms with Crippen LogP contribution in [0, 0.1) is 6.92 Å². The number of nitrogens with zero attached hydrogens (tertiary/aromatic N) is 3. The Morgan fingerprint density at radius 2 is 1.87 bits per heavy atom. The topological polar surface area (TPSA) is 72.1 Å². The van der Waals surface area contributed by atoms with E-state index in [0.29, 0.717) is 11.5 Å². The van der Waals surface area contributed by atoms with Crippen LogP contribution in [0.4, 0.5) is 19.0 Å². The van der Waals surface area contributed by atoms with Crippen LogP contribution in [-0.2, 0) is 6.54 Å². The van der Waals surface area contributed by atoms with Crippen LogP contribution in [0.3, 0.4) is 0 Å². The molecule has 10 heteroatoms. The SMILES string of the molecule is Cc1c(O)n(-c2ccc(SC(F)(F)F)cc2)c(=O)n1Cc1ccnc(NC(C)C)c1. The number of hydrogen-bond acceptors (Lipinski definition) is 5. The molecule has 0 spiro atoms. The molecule has 2 aromatic heterocycles. The molecule has 0 saturated carbocycles. The third-order valence-corrected chi connectivity index (χ3v) is 5.03. The molecule has 0 unspecified atom stereocenters. The number of halogens is 3. The molecule has 3 aromatic rings. The molecular formula is C20H21F3N4O2S. The number of anilines is 1. The predicted molar refractivity (Wildman–Crippen MR) is 110 cm³/mol. The molecule has 0 radical (unpaired) electrons. The number of benzene rings is 1. The average molecular weight is 438 g/mol. The van der Waals surface area contributed by atoms with Crippen molar-refractivity contribution in [1.29, 1.82) is 0 Å². The molecule has 1 aromatic carbocycles. The van der Waals surface area contributed by atoms with Crippen LogP contribution in [0.2, 0.25) is 0 Å². The number of thioether (sulfide) groups is 1. The Balaban J connectivity index is 1.92. The third-order valence-electron chi connectivity index (χ3n) is 4.29. The van der Waals surface area contributed by atoms with Gasteiger partial charge in [0, 0.05) is 17.1 Å². The van der Waals surface area contributed by atoms with Crippen molar-refractivity contribution in [2.24, 2.45) is 0 Å². The normalized spacial score (nSPS) is 11.8. The second-order valence-corrected chi connectivity index (χ2v) is 8.14. The van der Waals surface area contributed by atoms with Gasteiger partial charge < -0.3 is 10.4 Å². The van der Waals surface area contributed by atoms with Gasteiger partial charge in [0.25, 0.3) is 0 Å². The van der Waals surface area contributed by atoms with E-state index in [1.54, 1.807) is 19.2 Å². The highest BCUT2D eigenvalue weighted by atomic mass is 32.2. The molecule has 0 atom stereocenters. The van der Waals surface area contributed by atoms with Crippen LogP contribution in [0.25, 0.3) is 5.69 Å². The zero-order valence-corrected chi connectivity index (χ0v) is 17.4. The maximum atomic E-state index is 12.9. The second kappa shape index (κ2) is 8.47. The number of alkyl halides is 3. The Kier molecular flexibility index (Phi) is 6.16. The Labute approximate surface area is 175 Å². The van der Waals surface area contributed by atoms with Gasteiger partial charge in [-0.25, -0.2) is 14.3 Å². The zero-order chi connectivity index (χ0) is 22.1. The highest BCUT2D eigenvalue weighted by Gasteiger charge is 2.29. The van der Waals surface area contributed by atoms with Crippen LogP contribution < -0.4 is 11.0 Å². The van der Waals surface area contributed by atoms with Crippen LogP contribution in [0.1, 0.15) is 25.1 Å². The van der Waals surface area contributed by atoms with Crippen molar-refractivity contribution in [2.45, 2.75) is 43.8 Å². The van der Waals surface area contributed by atoms with E-state index in [9.17, 15) is 23.1 Å². The van der Waals surface area contributed by atoms with E-state index >= 15 is 0 Å². The van der Waals surface area contributed by atoms with Crippen molar-refractivity contribution in [3.63, 3.8) is 0 Å². The summed E-state index contributed by atoms with van der Waals surface area (Å²) < 4.78 is 40.0. The van der Waals surface area contributed by atoms with E-state index < -0.39 is 11.2 Å². The van der Waals surface area contributed by atoms with Crippen molar-refractivity contribution in [3.05, 3.63) is 64.3 Å². The van der Waals surface area contributed by atoms with Gasteiger partial charge in [-0.15, -0.1) is 0 Å². The third kappa shape index (κ3) is 4.99. The van der Waals surface area contributed by atoms with Crippen molar-refractivity contribution in [3.8, 4) is 11.6 Å². The first-order valence-electron chi connectivity index (χ1n) is 9.14. The highest BCUT2D eigenvalue weighted by molar-refractivity contribution is 8.00. The van der Waals surface area contributed by atoms with Crippen molar-refractivity contribution < 1.29 is 18.3 Å². The molecule has 0 saturated heterocycles. The monoisotopic (exact) mass is 438 g/mol. The summed E-state index contributed by atoms with van der Waals surface area (Å²) >= 11 is -0.238. The van der Waals surface area contributed by atoms with Crippen molar-refractivity contribution >= 4 is 17.6 Å². The van der Waals surface area contributed by atoms with Gasteiger partial charge in [-0.3, -0.25) is 4.57 Å².